The van der Waals surface area contributed by atoms with E-state index in [4.69, 9.17) is 5.84 Å². The van der Waals surface area contributed by atoms with Gasteiger partial charge in [0.1, 0.15) is 5.82 Å². The summed E-state index contributed by atoms with van der Waals surface area (Å²) in [5.41, 5.74) is 2.87. The fourth-order valence-corrected chi connectivity index (χ4v) is 3.25. The van der Waals surface area contributed by atoms with Crippen LogP contribution in [-0.4, -0.2) is 9.55 Å². The molecule has 4 nitrogen and oxygen atoms in total. The number of hydrogen-bond acceptors (Lipinski definition) is 4. The van der Waals surface area contributed by atoms with Crippen molar-refractivity contribution in [3.05, 3.63) is 39.0 Å². The van der Waals surface area contributed by atoms with Crippen LogP contribution in [0.2, 0.25) is 0 Å². The van der Waals surface area contributed by atoms with Crippen molar-refractivity contribution < 1.29 is 0 Å². The van der Waals surface area contributed by atoms with Crippen molar-refractivity contribution in [1.82, 2.24) is 15.0 Å². The molecule has 0 aliphatic carbocycles. The second-order valence-electron chi connectivity index (χ2n) is 3.85. The van der Waals surface area contributed by atoms with Crippen molar-refractivity contribution in [2.75, 3.05) is 0 Å². The predicted octanol–water partition coefficient (Wildman–Crippen LogP) is 2.38. The van der Waals surface area contributed by atoms with Crippen LogP contribution in [0, 0.1) is 0 Å². The van der Waals surface area contributed by atoms with Gasteiger partial charge in [-0.25, -0.2) is 4.98 Å². The quantitative estimate of drug-likeness (QED) is 0.658. The lowest BCUT2D eigenvalue weighted by Crippen LogP contribution is -2.28. The molecule has 0 saturated heterocycles. The van der Waals surface area contributed by atoms with E-state index >= 15 is 0 Å². The lowest BCUT2D eigenvalue weighted by atomic mass is 10.1. The SMILES string of the molecule is Cn1ccnc1CCC(NN)c1ccc(Br)s1. The molecule has 6 heteroatoms. The molecule has 0 aliphatic heterocycles. The Labute approximate surface area is 113 Å². The summed E-state index contributed by atoms with van der Waals surface area (Å²) in [6.45, 7) is 0. The van der Waals surface area contributed by atoms with Crippen molar-refractivity contribution in [3.8, 4) is 0 Å². The Morgan fingerprint density at radius 3 is 2.94 bits per heavy atom. The molecule has 2 aromatic heterocycles. The lowest BCUT2D eigenvalue weighted by Gasteiger charge is -2.13. The number of thiophene rings is 1. The van der Waals surface area contributed by atoms with Crippen LogP contribution >= 0.6 is 27.3 Å². The molecule has 0 spiro atoms. The van der Waals surface area contributed by atoms with E-state index < -0.39 is 0 Å². The fourth-order valence-electron chi connectivity index (χ4n) is 1.73. The molecule has 0 amide bonds. The number of nitrogens with zero attached hydrogens (tertiary/aromatic N) is 2. The van der Waals surface area contributed by atoms with E-state index in [9.17, 15) is 0 Å². The van der Waals surface area contributed by atoms with Gasteiger partial charge in [0.25, 0.3) is 0 Å². The minimum absolute atomic E-state index is 0.183. The first-order valence-corrected chi connectivity index (χ1v) is 6.99. The highest BCUT2D eigenvalue weighted by Crippen LogP contribution is 2.29. The fraction of sp³-hybridized carbons (Fsp3) is 0.364. The second-order valence-corrected chi connectivity index (χ2v) is 6.35. The summed E-state index contributed by atoms with van der Waals surface area (Å²) in [7, 11) is 2.01. The first-order chi connectivity index (χ1) is 8.20. The molecule has 0 radical (unpaired) electrons. The summed E-state index contributed by atoms with van der Waals surface area (Å²) in [5.74, 6) is 6.69. The first kappa shape index (κ1) is 12.8. The molecule has 1 unspecified atom stereocenters. The highest BCUT2D eigenvalue weighted by Gasteiger charge is 2.13. The number of imidazole rings is 1. The zero-order valence-corrected chi connectivity index (χ0v) is 12.0. The largest absolute Gasteiger partial charge is 0.338 e. The molecule has 2 aromatic rings. The van der Waals surface area contributed by atoms with Gasteiger partial charge in [0.15, 0.2) is 0 Å². The number of nitrogens with one attached hydrogen (secondary N) is 1. The third-order valence-electron chi connectivity index (χ3n) is 2.72. The number of aryl methyl sites for hydroxylation is 2. The summed E-state index contributed by atoms with van der Waals surface area (Å²) in [5, 5.41) is 0. The summed E-state index contributed by atoms with van der Waals surface area (Å²) >= 11 is 5.17. The predicted molar refractivity (Wildman–Crippen MR) is 73.6 cm³/mol. The van der Waals surface area contributed by atoms with Crippen LogP contribution < -0.4 is 11.3 Å². The molecule has 3 N–H and O–H groups in total. The summed E-state index contributed by atoms with van der Waals surface area (Å²) in [4.78, 5) is 5.55. The highest BCUT2D eigenvalue weighted by atomic mass is 79.9. The lowest BCUT2D eigenvalue weighted by molar-refractivity contribution is 0.513. The molecule has 2 heterocycles. The Hall–Kier alpha value is -0.690. The Balaban J connectivity index is 1.99. The number of nitrogens with two attached hydrogens (primary N) is 1. The van der Waals surface area contributed by atoms with Gasteiger partial charge in [-0.3, -0.25) is 11.3 Å². The number of hydrazine groups is 1. The van der Waals surface area contributed by atoms with Gasteiger partial charge < -0.3 is 4.57 Å². The van der Waals surface area contributed by atoms with E-state index in [0.717, 1.165) is 22.5 Å². The third kappa shape index (κ3) is 3.16. The van der Waals surface area contributed by atoms with E-state index in [1.807, 2.05) is 30.1 Å². The smallest absolute Gasteiger partial charge is 0.108 e. The molecular formula is C11H15BrN4S. The van der Waals surface area contributed by atoms with Crippen molar-refractivity contribution in [2.24, 2.45) is 12.9 Å². The molecule has 0 fully saturated rings. The molecule has 0 saturated carbocycles. The van der Waals surface area contributed by atoms with Crippen LogP contribution in [0.25, 0.3) is 0 Å². The van der Waals surface area contributed by atoms with Gasteiger partial charge in [-0.05, 0) is 34.5 Å². The van der Waals surface area contributed by atoms with Gasteiger partial charge in [0.2, 0.25) is 0 Å². The molecule has 2 rings (SSSR count). The molecule has 1 atom stereocenters. The average Bonchev–Trinajstić information content (AvgIpc) is 2.90. The van der Waals surface area contributed by atoms with Crippen LogP contribution in [0.4, 0.5) is 0 Å². The number of halogens is 1. The normalized spacial score (nSPS) is 12.9. The van der Waals surface area contributed by atoms with Gasteiger partial charge in [-0.15, -0.1) is 11.3 Å². The molecule has 0 aliphatic rings. The first-order valence-electron chi connectivity index (χ1n) is 5.38. The van der Waals surface area contributed by atoms with E-state index in [0.29, 0.717) is 0 Å². The number of rotatable bonds is 5. The van der Waals surface area contributed by atoms with Gasteiger partial charge in [-0.1, -0.05) is 0 Å². The molecule has 17 heavy (non-hydrogen) atoms. The minimum atomic E-state index is 0.183. The average molecular weight is 315 g/mol. The molecule has 0 bridgehead atoms. The minimum Gasteiger partial charge on any atom is -0.338 e. The van der Waals surface area contributed by atoms with Crippen LogP contribution in [0.15, 0.2) is 28.3 Å². The highest BCUT2D eigenvalue weighted by molar-refractivity contribution is 9.11. The Morgan fingerprint density at radius 2 is 2.41 bits per heavy atom. The van der Waals surface area contributed by atoms with E-state index in [-0.39, 0.29) is 6.04 Å². The Kier molecular flexibility index (Phi) is 4.33. The summed E-state index contributed by atoms with van der Waals surface area (Å²) in [6.07, 6.45) is 5.63. The standard InChI is InChI=1S/C11H15BrN4S/c1-16-7-6-14-11(16)5-2-8(15-13)9-3-4-10(12)17-9/h3-4,6-8,15H,2,5,13H2,1H3. The Morgan fingerprint density at radius 1 is 1.59 bits per heavy atom. The van der Waals surface area contributed by atoms with Gasteiger partial charge in [0, 0.05) is 30.7 Å². The molecule has 0 aromatic carbocycles. The van der Waals surface area contributed by atoms with Crippen LogP contribution in [0.5, 0.6) is 0 Å². The Bertz CT molecular complexity index is 479. The summed E-state index contributed by atoms with van der Waals surface area (Å²) < 4.78 is 3.17. The van der Waals surface area contributed by atoms with Gasteiger partial charge in [-0.2, -0.15) is 0 Å². The topological polar surface area (TPSA) is 55.9 Å². The van der Waals surface area contributed by atoms with Gasteiger partial charge >= 0.3 is 0 Å². The maximum atomic E-state index is 5.61. The van der Waals surface area contributed by atoms with Crippen molar-refractivity contribution in [1.29, 1.82) is 0 Å². The maximum Gasteiger partial charge on any atom is 0.108 e. The zero-order valence-electron chi connectivity index (χ0n) is 9.56. The van der Waals surface area contributed by atoms with E-state index in [1.165, 1.54) is 4.88 Å². The van der Waals surface area contributed by atoms with Crippen LogP contribution in [0.1, 0.15) is 23.2 Å². The second kappa shape index (κ2) is 5.77. The monoisotopic (exact) mass is 314 g/mol. The molecule has 92 valence electrons. The third-order valence-corrected chi connectivity index (χ3v) is 4.45. The summed E-state index contributed by atoms with van der Waals surface area (Å²) in [6, 6.07) is 4.33. The van der Waals surface area contributed by atoms with Crippen LogP contribution in [-0.2, 0) is 13.5 Å². The van der Waals surface area contributed by atoms with Crippen molar-refractivity contribution in [3.63, 3.8) is 0 Å². The molecular weight excluding hydrogens is 300 g/mol. The van der Waals surface area contributed by atoms with E-state index in [1.54, 1.807) is 11.3 Å². The van der Waals surface area contributed by atoms with E-state index in [2.05, 4.69) is 32.4 Å². The van der Waals surface area contributed by atoms with Gasteiger partial charge in [0.05, 0.1) is 9.83 Å². The van der Waals surface area contributed by atoms with Crippen molar-refractivity contribution >= 4 is 27.3 Å². The van der Waals surface area contributed by atoms with Crippen LogP contribution in [0.3, 0.4) is 0 Å². The van der Waals surface area contributed by atoms with Crippen molar-refractivity contribution in [2.45, 2.75) is 18.9 Å². The zero-order chi connectivity index (χ0) is 12.3. The number of hydrogen-bond donors (Lipinski definition) is 2. The maximum absolute atomic E-state index is 5.61. The number of aromatic nitrogens is 2.